The number of hydrogen-bond donors (Lipinski definition) is 2. The Morgan fingerprint density at radius 3 is 2.53 bits per heavy atom. The van der Waals surface area contributed by atoms with E-state index in [-0.39, 0.29) is 6.04 Å². The number of halogens is 3. The molecule has 2 rings (SSSR count). The Balaban J connectivity index is 2.29. The van der Waals surface area contributed by atoms with Gasteiger partial charge in [-0.3, -0.25) is 4.98 Å². The first kappa shape index (κ1) is 11.7. The maximum absolute atomic E-state index is 12.1. The van der Waals surface area contributed by atoms with Crippen molar-refractivity contribution in [3.05, 3.63) is 36.6 Å². The number of nitrogen functional groups attached to an aromatic ring is 1. The largest absolute Gasteiger partial charge is 0.573 e. The summed E-state index contributed by atoms with van der Waals surface area (Å²) in [5.74, 6) is 5.01. The van der Waals surface area contributed by atoms with Gasteiger partial charge in [-0.25, -0.2) is 10.8 Å². The first-order valence-corrected chi connectivity index (χ1v) is 5.04. The molecule has 0 aliphatic heterocycles. The number of hydrogen-bond acceptors (Lipinski definition) is 5. The Labute approximate surface area is 107 Å². The molecule has 0 atom stereocenters. The van der Waals surface area contributed by atoms with E-state index in [0.717, 1.165) is 12.1 Å². The van der Waals surface area contributed by atoms with Crippen molar-refractivity contribution in [1.29, 1.82) is 0 Å². The molecule has 0 aliphatic carbocycles. The molecule has 2 aromatic rings. The maximum atomic E-state index is 12.1. The Bertz CT molecular complexity index is 604. The van der Waals surface area contributed by atoms with E-state index in [1.807, 2.05) is 0 Å². The summed E-state index contributed by atoms with van der Waals surface area (Å²) in [5.41, 5.74) is 2.96. The van der Waals surface area contributed by atoms with Crippen molar-refractivity contribution in [3.8, 4) is 17.0 Å². The van der Waals surface area contributed by atoms with E-state index in [0.29, 0.717) is 17.1 Å². The first-order chi connectivity index (χ1) is 9.39. The molecule has 0 radical (unpaired) electrons. The van der Waals surface area contributed by atoms with Crippen LogP contribution in [0.2, 0.25) is 0 Å². The van der Waals surface area contributed by atoms with Crippen molar-refractivity contribution in [2.24, 2.45) is 5.84 Å². The van der Waals surface area contributed by atoms with Crippen LogP contribution in [0.5, 0.6) is 5.75 Å². The topological polar surface area (TPSA) is 73.1 Å². The SMILES string of the molecule is [2H]c1cc(OC(F)(F)F)ccc1-c1cnc(NN)cn1. The summed E-state index contributed by atoms with van der Waals surface area (Å²) >= 11 is 0. The highest BCUT2D eigenvalue weighted by molar-refractivity contribution is 5.59. The smallest absolute Gasteiger partial charge is 0.406 e. The third-order valence-electron chi connectivity index (χ3n) is 2.09. The van der Waals surface area contributed by atoms with Crippen LogP contribution in [0.1, 0.15) is 1.37 Å². The second kappa shape index (κ2) is 5.11. The highest BCUT2D eigenvalue weighted by Gasteiger charge is 2.30. The second-order valence-electron chi connectivity index (χ2n) is 3.42. The van der Waals surface area contributed by atoms with E-state index < -0.39 is 12.1 Å². The molecule has 0 spiro atoms. The Morgan fingerprint density at radius 1 is 1.21 bits per heavy atom. The number of rotatable bonds is 3. The normalized spacial score (nSPS) is 11.9. The van der Waals surface area contributed by atoms with Crippen LogP contribution in [0.4, 0.5) is 19.0 Å². The fraction of sp³-hybridized carbons (Fsp3) is 0.0909. The van der Waals surface area contributed by atoms with Crippen LogP contribution in [0.25, 0.3) is 11.3 Å². The molecule has 1 aromatic heterocycles. The summed E-state index contributed by atoms with van der Waals surface area (Å²) in [4.78, 5) is 7.90. The fourth-order valence-electron chi connectivity index (χ4n) is 1.31. The number of ether oxygens (including phenoxy) is 1. The van der Waals surface area contributed by atoms with Gasteiger partial charge in [0.1, 0.15) is 5.75 Å². The number of aromatic nitrogens is 2. The monoisotopic (exact) mass is 271 g/mol. The molecule has 0 saturated carbocycles. The van der Waals surface area contributed by atoms with Gasteiger partial charge in [0, 0.05) is 5.56 Å². The van der Waals surface area contributed by atoms with Gasteiger partial charge in [0.15, 0.2) is 5.82 Å². The number of hydrazine groups is 1. The standard InChI is InChI=1S/C11H9F3N4O/c12-11(13,14)19-8-3-1-7(2-4-8)9-5-17-10(18-15)6-16-9/h1-6H,15H2,(H,17,18)/i1D. The Hall–Kier alpha value is -2.35. The summed E-state index contributed by atoms with van der Waals surface area (Å²) in [6.45, 7) is 0. The third kappa shape index (κ3) is 3.55. The zero-order valence-electron chi connectivity index (χ0n) is 10.4. The van der Waals surface area contributed by atoms with Gasteiger partial charge in [0.05, 0.1) is 19.5 Å². The van der Waals surface area contributed by atoms with Crippen LogP contribution in [0, 0.1) is 0 Å². The van der Waals surface area contributed by atoms with Gasteiger partial charge in [-0.1, -0.05) is 0 Å². The minimum Gasteiger partial charge on any atom is -0.406 e. The van der Waals surface area contributed by atoms with E-state index in [9.17, 15) is 13.2 Å². The molecular formula is C11H9F3N4O. The van der Waals surface area contributed by atoms with Crippen LogP contribution in [-0.4, -0.2) is 16.3 Å². The number of anilines is 1. The molecule has 1 aromatic carbocycles. The molecule has 0 saturated heterocycles. The van der Waals surface area contributed by atoms with Crippen LogP contribution < -0.4 is 16.0 Å². The molecule has 0 unspecified atom stereocenters. The molecule has 0 bridgehead atoms. The molecule has 1 heterocycles. The van der Waals surface area contributed by atoms with Gasteiger partial charge in [-0.15, -0.1) is 13.2 Å². The molecule has 100 valence electrons. The average molecular weight is 271 g/mol. The van der Waals surface area contributed by atoms with Crippen molar-refractivity contribution in [2.75, 3.05) is 5.43 Å². The lowest BCUT2D eigenvalue weighted by molar-refractivity contribution is -0.274. The van der Waals surface area contributed by atoms with Gasteiger partial charge in [-0.2, -0.15) is 0 Å². The van der Waals surface area contributed by atoms with E-state index >= 15 is 0 Å². The first-order valence-electron chi connectivity index (χ1n) is 5.54. The van der Waals surface area contributed by atoms with Crippen molar-refractivity contribution in [2.45, 2.75) is 6.36 Å². The minimum atomic E-state index is -4.79. The van der Waals surface area contributed by atoms with Gasteiger partial charge in [0.25, 0.3) is 0 Å². The second-order valence-corrected chi connectivity index (χ2v) is 3.42. The average Bonchev–Trinajstić information content (AvgIpc) is 2.37. The van der Waals surface area contributed by atoms with Crippen LogP contribution in [-0.2, 0) is 0 Å². The highest BCUT2D eigenvalue weighted by Crippen LogP contribution is 2.25. The minimum absolute atomic E-state index is 0.158. The highest BCUT2D eigenvalue weighted by atomic mass is 19.4. The van der Waals surface area contributed by atoms with E-state index in [1.165, 1.54) is 18.5 Å². The Kier molecular flexibility index (Phi) is 3.15. The van der Waals surface area contributed by atoms with E-state index in [1.54, 1.807) is 0 Å². The summed E-state index contributed by atoms with van der Waals surface area (Å²) in [5, 5.41) is 0. The van der Waals surface area contributed by atoms with Crippen LogP contribution >= 0.6 is 0 Å². The van der Waals surface area contributed by atoms with Crippen LogP contribution in [0.3, 0.4) is 0 Å². The fourth-order valence-corrected chi connectivity index (χ4v) is 1.31. The van der Waals surface area contributed by atoms with Gasteiger partial charge in [-0.05, 0) is 24.2 Å². The molecular weight excluding hydrogens is 261 g/mol. The zero-order valence-corrected chi connectivity index (χ0v) is 9.40. The van der Waals surface area contributed by atoms with Crippen molar-refractivity contribution >= 4 is 5.82 Å². The molecule has 19 heavy (non-hydrogen) atoms. The number of alkyl halides is 3. The third-order valence-corrected chi connectivity index (χ3v) is 2.09. The lowest BCUT2D eigenvalue weighted by Gasteiger charge is -2.09. The summed E-state index contributed by atoms with van der Waals surface area (Å²) in [6, 6.07) is 3.22. The quantitative estimate of drug-likeness (QED) is 0.662. The molecule has 3 N–H and O–H groups in total. The van der Waals surface area contributed by atoms with E-state index in [2.05, 4.69) is 20.1 Å². The summed E-state index contributed by atoms with van der Waals surface area (Å²) in [6.07, 6.45) is -2.09. The number of nitrogens with one attached hydrogen (secondary N) is 1. The molecule has 0 fully saturated rings. The van der Waals surface area contributed by atoms with E-state index in [4.69, 9.17) is 7.21 Å². The number of nitrogens with zero attached hydrogens (tertiary/aromatic N) is 2. The molecule has 5 nitrogen and oxygen atoms in total. The van der Waals surface area contributed by atoms with Crippen molar-refractivity contribution in [1.82, 2.24) is 9.97 Å². The van der Waals surface area contributed by atoms with Gasteiger partial charge < -0.3 is 10.2 Å². The van der Waals surface area contributed by atoms with Crippen LogP contribution in [0.15, 0.2) is 36.6 Å². The zero-order chi connectivity index (χ0) is 14.8. The number of benzene rings is 1. The predicted molar refractivity (Wildman–Crippen MR) is 62.0 cm³/mol. The lowest BCUT2D eigenvalue weighted by atomic mass is 10.1. The predicted octanol–water partition coefficient (Wildman–Crippen LogP) is 2.33. The number of nitrogens with two attached hydrogens (primary N) is 1. The van der Waals surface area contributed by atoms with Crippen molar-refractivity contribution in [3.63, 3.8) is 0 Å². The molecule has 0 amide bonds. The summed E-state index contributed by atoms with van der Waals surface area (Å²) < 4.78 is 47.6. The Morgan fingerprint density at radius 2 is 2.00 bits per heavy atom. The van der Waals surface area contributed by atoms with Gasteiger partial charge >= 0.3 is 6.36 Å². The molecule has 0 aliphatic rings. The molecule has 8 heteroatoms. The van der Waals surface area contributed by atoms with Crippen molar-refractivity contribution < 1.29 is 19.3 Å². The maximum Gasteiger partial charge on any atom is 0.573 e. The lowest BCUT2D eigenvalue weighted by Crippen LogP contribution is -2.16. The summed E-state index contributed by atoms with van der Waals surface area (Å²) in [7, 11) is 0. The van der Waals surface area contributed by atoms with Gasteiger partial charge in [0.2, 0.25) is 0 Å².